The number of hydrogen-bond acceptors (Lipinski definition) is 6. The number of benzene rings is 1. The number of nitrogens with zero attached hydrogens (tertiary/aromatic N) is 3. The maximum atomic E-state index is 13.5. The van der Waals surface area contributed by atoms with Gasteiger partial charge in [-0.05, 0) is 75.4 Å². The van der Waals surface area contributed by atoms with E-state index in [1.807, 2.05) is 44.2 Å². The summed E-state index contributed by atoms with van der Waals surface area (Å²) in [4.78, 5) is 36.9. The van der Waals surface area contributed by atoms with Crippen molar-refractivity contribution in [1.29, 1.82) is 0 Å². The van der Waals surface area contributed by atoms with Crippen molar-refractivity contribution in [1.82, 2.24) is 9.97 Å². The number of aromatic nitrogens is 2. The summed E-state index contributed by atoms with van der Waals surface area (Å²) in [5.74, 6) is -1.63. The van der Waals surface area contributed by atoms with Crippen molar-refractivity contribution in [3.05, 3.63) is 53.5 Å². The molecular weight excluding hydrogens is 515 g/mol. The number of thiophene rings is 1. The third kappa shape index (κ3) is 5.09. The first-order valence-corrected chi connectivity index (χ1v) is 13.3. The van der Waals surface area contributed by atoms with E-state index in [9.17, 15) is 22.8 Å². The van der Waals surface area contributed by atoms with Crippen LogP contribution >= 0.6 is 11.3 Å². The van der Waals surface area contributed by atoms with Crippen molar-refractivity contribution in [3.8, 4) is 21.9 Å². The number of alkyl halides is 3. The van der Waals surface area contributed by atoms with Crippen LogP contribution in [0, 0.1) is 11.8 Å². The Balaban J connectivity index is 1.39. The highest BCUT2D eigenvalue weighted by Gasteiger charge is 2.43. The van der Waals surface area contributed by atoms with E-state index in [2.05, 4.69) is 9.97 Å². The summed E-state index contributed by atoms with van der Waals surface area (Å²) in [5, 5.41) is 0. The molecule has 0 atom stereocenters. The molecule has 1 fully saturated rings. The molecule has 0 aliphatic heterocycles. The van der Waals surface area contributed by atoms with Gasteiger partial charge >= 0.3 is 6.18 Å². The highest BCUT2D eigenvalue weighted by atomic mass is 32.1. The smallest absolute Gasteiger partial charge is 0.391 e. The Morgan fingerprint density at radius 3 is 2.39 bits per heavy atom. The van der Waals surface area contributed by atoms with Crippen LogP contribution in [0.4, 0.5) is 18.9 Å². The molecule has 3 heterocycles. The van der Waals surface area contributed by atoms with Gasteiger partial charge in [-0.1, -0.05) is 12.1 Å². The SMILES string of the molecule is CC(C)N(C(=O)C1CCC(C(F)(F)F)CC1)c1cc(-c2ccc(-c3nc4ncccc4o3)cc2)sc1C=O. The number of oxazole rings is 1. The molecule has 0 spiro atoms. The number of pyridine rings is 1. The van der Waals surface area contributed by atoms with Crippen LogP contribution in [0.5, 0.6) is 0 Å². The normalized spacial score (nSPS) is 18.2. The number of carbonyl (C=O) groups excluding carboxylic acids is 2. The van der Waals surface area contributed by atoms with Crippen molar-refractivity contribution >= 4 is 40.4 Å². The Labute approximate surface area is 221 Å². The maximum Gasteiger partial charge on any atom is 0.391 e. The Bertz CT molecular complexity index is 1420. The van der Waals surface area contributed by atoms with Crippen molar-refractivity contribution in [2.45, 2.75) is 51.7 Å². The zero-order valence-corrected chi connectivity index (χ0v) is 21.7. The molecule has 4 aromatic rings. The van der Waals surface area contributed by atoms with E-state index in [-0.39, 0.29) is 37.6 Å². The summed E-state index contributed by atoms with van der Waals surface area (Å²) in [6.07, 6.45) is -1.58. The monoisotopic (exact) mass is 541 g/mol. The van der Waals surface area contributed by atoms with Gasteiger partial charge in [0.25, 0.3) is 0 Å². The highest BCUT2D eigenvalue weighted by Crippen LogP contribution is 2.42. The second-order valence-corrected chi connectivity index (χ2v) is 10.9. The van der Waals surface area contributed by atoms with Crippen molar-refractivity contribution in [2.75, 3.05) is 4.90 Å². The molecule has 1 amide bonds. The van der Waals surface area contributed by atoms with Gasteiger partial charge in [-0.25, -0.2) is 4.98 Å². The summed E-state index contributed by atoms with van der Waals surface area (Å²) in [6, 6.07) is 12.6. The molecule has 1 aromatic carbocycles. The molecule has 5 rings (SSSR count). The van der Waals surface area contributed by atoms with E-state index >= 15 is 0 Å². The molecule has 1 aliphatic carbocycles. The first-order chi connectivity index (χ1) is 18.2. The van der Waals surface area contributed by atoms with Gasteiger partial charge in [0, 0.05) is 28.6 Å². The average Bonchev–Trinajstić information content (AvgIpc) is 3.53. The number of anilines is 1. The Morgan fingerprint density at radius 2 is 1.79 bits per heavy atom. The molecule has 0 saturated heterocycles. The summed E-state index contributed by atoms with van der Waals surface area (Å²) in [6.45, 7) is 3.68. The van der Waals surface area contributed by atoms with Crippen LogP contribution < -0.4 is 4.90 Å². The predicted octanol–water partition coefficient (Wildman–Crippen LogP) is 7.54. The number of aldehydes is 1. The first-order valence-electron chi connectivity index (χ1n) is 12.5. The van der Waals surface area contributed by atoms with Gasteiger partial charge in [-0.3, -0.25) is 9.59 Å². The molecule has 1 aliphatic rings. The van der Waals surface area contributed by atoms with Crippen LogP contribution in [0.25, 0.3) is 33.1 Å². The van der Waals surface area contributed by atoms with Crippen LogP contribution in [0.3, 0.4) is 0 Å². The summed E-state index contributed by atoms with van der Waals surface area (Å²) in [5.41, 5.74) is 3.23. The lowest BCUT2D eigenvalue weighted by atomic mass is 9.81. The van der Waals surface area contributed by atoms with Crippen LogP contribution in [0.1, 0.15) is 49.2 Å². The Morgan fingerprint density at radius 1 is 1.11 bits per heavy atom. The number of amides is 1. The number of hydrogen-bond donors (Lipinski definition) is 0. The molecule has 1 saturated carbocycles. The van der Waals surface area contributed by atoms with Gasteiger partial charge in [-0.15, -0.1) is 11.3 Å². The second-order valence-electron chi connectivity index (χ2n) is 9.79. The molecule has 0 radical (unpaired) electrons. The quantitative estimate of drug-likeness (QED) is 0.236. The minimum atomic E-state index is -4.23. The molecular formula is C28H26F3N3O3S. The fraction of sp³-hybridized carbons (Fsp3) is 0.357. The number of rotatable bonds is 6. The van der Waals surface area contributed by atoms with E-state index in [4.69, 9.17) is 4.42 Å². The highest BCUT2D eigenvalue weighted by molar-refractivity contribution is 7.17. The lowest BCUT2D eigenvalue weighted by Gasteiger charge is -2.34. The van der Waals surface area contributed by atoms with Crippen LogP contribution in [-0.2, 0) is 4.79 Å². The van der Waals surface area contributed by atoms with Gasteiger partial charge in [0.2, 0.25) is 11.8 Å². The van der Waals surface area contributed by atoms with E-state index in [0.29, 0.717) is 27.7 Å². The van der Waals surface area contributed by atoms with E-state index in [1.54, 1.807) is 23.2 Å². The molecule has 3 aromatic heterocycles. The van der Waals surface area contributed by atoms with Crippen molar-refractivity contribution in [2.24, 2.45) is 11.8 Å². The van der Waals surface area contributed by atoms with E-state index in [1.165, 1.54) is 11.3 Å². The fourth-order valence-electron chi connectivity index (χ4n) is 5.00. The standard InChI is InChI=1S/C28H26F3N3O3S/c1-16(2)34(27(36)19-9-11-20(12-10-19)28(29,30)31)21-14-23(38-24(21)15-35)17-5-7-18(8-6-17)26-33-25-22(37-26)4-3-13-32-25/h3-8,13-16,19-20H,9-12H2,1-2H3. The lowest BCUT2D eigenvalue weighted by molar-refractivity contribution is -0.184. The minimum absolute atomic E-state index is 0.0518. The third-order valence-electron chi connectivity index (χ3n) is 6.98. The molecule has 0 N–H and O–H groups in total. The largest absolute Gasteiger partial charge is 0.434 e. The molecule has 0 bridgehead atoms. The number of carbonyl (C=O) groups is 2. The lowest BCUT2D eigenvalue weighted by Crippen LogP contribution is -2.43. The van der Waals surface area contributed by atoms with Gasteiger partial charge < -0.3 is 9.32 Å². The summed E-state index contributed by atoms with van der Waals surface area (Å²) >= 11 is 1.27. The number of fused-ring (bicyclic) bond motifs is 1. The molecule has 6 nitrogen and oxygen atoms in total. The second kappa shape index (κ2) is 10.3. The van der Waals surface area contributed by atoms with Gasteiger partial charge in [-0.2, -0.15) is 18.2 Å². The topological polar surface area (TPSA) is 76.3 Å². The average molecular weight is 542 g/mol. The zero-order valence-electron chi connectivity index (χ0n) is 20.9. The van der Waals surface area contributed by atoms with Crippen LogP contribution in [-0.4, -0.2) is 34.4 Å². The van der Waals surface area contributed by atoms with E-state index < -0.39 is 18.0 Å². The maximum absolute atomic E-state index is 13.5. The third-order valence-corrected chi connectivity index (χ3v) is 8.08. The van der Waals surface area contributed by atoms with Crippen LogP contribution in [0.2, 0.25) is 0 Å². The summed E-state index contributed by atoms with van der Waals surface area (Å²) < 4.78 is 45.1. The van der Waals surface area contributed by atoms with Gasteiger partial charge in [0.05, 0.1) is 16.5 Å². The molecule has 38 heavy (non-hydrogen) atoms. The predicted molar refractivity (Wildman–Crippen MR) is 140 cm³/mol. The van der Waals surface area contributed by atoms with Crippen LogP contribution in [0.15, 0.2) is 53.1 Å². The molecule has 0 unspecified atom stereocenters. The summed E-state index contributed by atoms with van der Waals surface area (Å²) in [7, 11) is 0. The van der Waals surface area contributed by atoms with Gasteiger partial charge in [0.1, 0.15) is 0 Å². The fourth-order valence-corrected chi connectivity index (χ4v) is 5.97. The van der Waals surface area contributed by atoms with Gasteiger partial charge in [0.15, 0.2) is 17.5 Å². The zero-order chi connectivity index (χ0) is 27.0. The number of halogens is 3. The molecule has 198 valence electrons. The van der Waals surface area contributed by atoms with Crippen molar-refractivity contribution < 1.29 is 27.2 Å². The van der Waals surface area contributed by atoms with Crippen molar-refractivity contribution in [3.63, 3.8) is 0 Å². The Kier molecular flexibility index (Phi) is 7.09. The van der Waals surface area contributed by atoms with E-state index in [0.717, 1.165) is 22.3 Å². The Hall–Kier alpha value is -3.53. The first kappa shape index (κ1) is 26.1. The minimum Gasteiger partial charge on any atom is -0.434 e. The molecule has 10 heteroatoms.